The van der Waals surface area contributed by atoms with Crippen LogP contribution in [0.1, 0.15) is 5.69 Å². The minimum atomic E-state index is 0.0800. The monoisotopic (exact) mass is 281 g/mol. The molecule has 0 saturated heterocycles. The molecule has 0 aliphatic rings. The summed E-state index contributed by atoms with van der Waals surface area (Å²) in [6.07, 6.45) is 1.67. The third-order valence-corrected chi connectivity index (χ3v) is 3.28. The summed E-state index contributed by atoms with van der Waals surface area (Å²) in [6, 6.07) is 13.0. The molecule has 0 unspecified atom stereocenters. The molecule has 0 saturated carbocycles. The zero-order valence-electron chi connectivity index (χ0n) is 11.8. The van der Waals surface area contributed by atoms with Crippen LogP contribution >= 0.6 is 0 Å². The second kappa shape index (κ2) is 5.28. The maximum atomic E-state index is 10.5. The highest BCUT2D eigenvalue weighted by Gasteiger charge is 2.17. The second-order valence-electron chi connectivity index (χ2n) is 4.61. The summed E-state index contributed by atoms with van der Waals surface area (Å²) in [5, 5.41) is 14.8. The van der Waals surface area contributed by atoms with Crippen LogP contribution in [0, 0.1) is 6.92 Å². The van der Waals surface area contributed by atoms with E-state index in [-0.39, 0.29) is 5.88 Å². The quantitative estimate of drug-likeness (QED) is 0.801. The first-order valence-electron chi connectivity index (χ1n) is 6.55. The highest BCUT2D eigenvalue weighted by atomic mass is 16.5. The van der Waals surface area contributed by atoms with E-state index in [0.29, 0.717) is 11.4 Å². The summed E-state index contributed by atoms with van der Waals surface area (Å²) in [5.41, 5.74) is 2.32. The van der Waals surface area contributed by atoms with Gasteiger partial charge in [0.25, 0.3) is 0 Å². The molecule has 1 N–H and O–H groups in total. The smallest absolute Gasteiger partial charge is 0.223 e. The number of aromatic hydroxyl groups is 1. The van der Waals surface area contributed by atoms with Gasteiger partial charge in [0.05, 0.1) is 18.4 Å². The van der Waals surface area contributed by atoms with Gasteiger partial charge >= 0.3 is 0 Å². The minimum Gasteiger partial charge on any atom is -0.497 e. The lowest BCUT2D eigenvalue weighted by atomic mass is 10.1. The van der Waals surface area contributed by atoms with Gasteiger partial charge in [0.15, 0.2) is 5.82 Å². The Labute approximate surface area is 122 Å². The van der Waals surface area contributed by atoms with Crippen LogP contribution in [-0.2, 0) is 0 Å². The first kappa shape index (κ1) is 13.2. The van der Waals surface area contributed by atoms with Crippen molar-refractivity contribution in [2.75, 3.05) is 7.11 Å². The van der Waals surface area contributed by atoms with Gasteiger partial charge < -0.3 is 9.84 Å². The van der Waals surface area contributed by atoms with E-state index in [1.54, 1.807) is 19.4 Å². The summed E-state index contributed by atoms with van der Waals surface area (Å²) in [7, 11) is 1.62. The van der Waals surface area contributed by atoms with E-state index < -0.39 is 0 Å². The lowest BCUT2D eigenvalue weighted by molar-refractivity contribution is 0.415. The Bertz CT molecular complexity index is 749. The van der Waals surface area contributed by atoms with Crippen molar-refractivity contribution in [1.82, 2.24) is 14.8 Å². The summed E-state index contributed by atoms with van der Waals surface area (Å²) in [6.45, 7) is 1.86. The number of hydrogen-bond donors (Lipinski definition) is 1. The topological polar surface area (TPSA) is 60.2 Å². The molecule has 5 heteroatoms. The van der Waals surface area contributed by atoms with Crippen molar-refractivity contribution >= 4 is 0 Å². The Balaban J connectivity index is 2.09. The van der Waals surface area contributed by atoms with Crippen molar-refractivity contribution in [1.29, 1.82) is 0 Å². The predicted molar refractivity (Wildman–Crippen MR) is 79.7 cm³/mol. The van der Waals surface area contributed by atoms with E-state index in [1.165, 1.54) is 4.68 Å². The maximum absolute atomic E-state index is 10.5. The highest BCUT2D eigenvalue weighted by Crippen LogP contribution is 2.34. The number of nitrogens with zero attached hydrogens (tertiary/aromatic N) is 3. The third kappa shape index (κ3) is 2.33. The number of pyridine rings is 1. The third-order valence-electron chi connectivity index (χ3n) is 3.28. The molecule has 0 radical (unpaired) electrons. The Morgan fingerprint density at radius 1 is 1.10 bits per heavy atom. The largest absolute Gasteiger partial charge is 0.497 e. The van der Waals surface area contributed by atoms with Gasteiger partial charge in [-0.05, 0) is 36.8 Å². The summed E-state index contributed by atoms with van der Waals surface area (Å²) >= 11 is 0. The Kier molecular flexibility index (Phi) is 3.31. The highest BCUT2D eigenvalue weighted by molar-refractivity contribution is 5.72. The fourth-order valence-electron chi connectivity index (χ4n) is 2.25. The van der Waals surface area contributed by atoms with E-state index in [1.807, 2.05) is 43.3 Å². The second-order valence-corrected chi connectivity index (χ2v) is 4.61. The Morgan fingerprint density at radius 3 is 2.48 bits per heavy atom. The zero-order chi connectivity index (χ0) is 14.8. The van der Waals surface area contributed by atoms with Crippen LogP contribution in [0.5, 0.6) is 11.6 Å². The molecule has 1 aromatic carbocycles. The molecule has 2 heterocycles. The molecule has 0 fully saturated rings. The standard InChI is InChI=1S/C16H15N3O2/c1-11-15(12-6-8-13(21-2)9-7-12)16(20)19(18-11)14-5-3-4-10-17-14/h3-10,20H,1-2H3. The molecule has 2 aromatic heterocycles. The van der Waals surface area contributed by atoms with Gasteiger partial charge in [-0.25, -0.2) is 4.98 Å². The molecule has 0 bridgehead atoms. The first-order chi connectivity index (χ1) is 10.2. The lowest BCUT2D eigenvalue weighted by Crippen LogP contribution is -1.98. The molecule has 3 aromatic rings. The Morgan fingerprint density at radius 2 is 1.86 bits per heavy atom. The predicted octanol–water partition coefficient (Wildman–Crippen LogP) is 2.96. The van der Waals surface area contributed by atoms with Crippen LogP contribution in [-0.4, -0.2) is 27.0 Å². The molecule has 5 nitrogen and oxygen atoms in total. The van der Waals surface area contributed by atoms with Crippen molar-refractivity contribution in [3.63, 3.8) is 0 Å². The fraction of sp³-hybridized carbons (Fsp3) is 0.125. The minimum absolute atomic E-state index is 0.0800. The molecular weight excluding hydrogens is 266 g/mol. The van der Waals surface area contributed by atoms with Gasteiger partial charge in [0.1, 0.15) is 5.75 Å². The molecule has 0 aliphatic heterocycles. The molecule has 0 atom stereocenters. The number of ether oxygens (including phenoxy) is 1. The number of rotatable bonds is 3. The van der Waals surface area contributed by atoms with Crippen molar-refractivity contribution in [2.24, 2.45) is 0 Å². The molecule has 21 heavy (non-hydrogen) atoms. The van der Waals surface area contributed by atoms with E-state index in [0.717, 1.165) is 17.0 Å². The van der Waals surface area contributed by atoms with E-state index in [2.05, 4.69) is 10.1 Å². The van der Waals surface area contributed by atoms with Crippen molar-refractivity contribution < 1.29 is 9.84 Å². The lowest BCUT2D eigenvalue weighted by Gasteiger charge is -2.04. The average Bonchev–Trinajstić information content (AvgIpc) is 2.83. The molecule has 0 spiro atoms. The van der Waals surface area contributed by atoms with Gasteiger partial charge in [-0.15, -0.1) is 0 Å². The molecule has 106 valence electrons. The number of benzene rings is 1. The normalized spacial score (nSPS) is 10.6. The van der Waals surface area contributed by atoms with Crippen LogP contribution in [0.3, 0.4) is 0 Å². The zero-order valence-corrected chi connectivity index (χ0v) is 11.8. The summed E-state index contributed by atoms with van der Waals surface area (Å²) in [4.78, 5) is 4.21. The van der Waals surface area contributed by atoms with Crippen LogP contribution < -0.4 is 4.74 Å². The summed E-state index contributed by atoms with van der Waals surface area (Å²) in [5.74, 6) is 1.43. The maximum Gasteiger partial charge on any atom is 0.223 e. The molecule has 0 aliphatic carbocycles. The SMILES string of the molecule is COc1ccc(-c2c(C)nn(-c3ccccn3)c2O)cc1. The molecule has 0 amide bonds. The van der Waals surface area contributed by atoms with Crippen molar-refractivity contribution in [3.8, 4) is 28.6 Å². The van der Waals surface area contributed by atoms with E-state index in [4.69, 9.17) is 4.74 Å². The van der Waals surface area contributed by atoms with Gasteiger partial charge in [-0.3, -0.25) is 0 Å². The number of methoxy groups -OCH3 is 1. The molecular formula is C16H15N3O2. The van der Waals surface area contributed by atoms with Crippen molar-refractivity contribution in [3.05, 3.63) is 54.4 Å². The number of aryl methyl sites for hydroxylation is 1. The van der Waals surface area contributed by atoms with Gasteiger partial charge in [-0.1, -0.05) is 18.2 Å². The number of hydrogen-bond acceptors (Lipinski definition) is 4. The van der Waals surface area contributed by atoms with E-state index in [9.17, 15) is 5.11 Å². The number of aromatic nitrogens is 3. The van der Waals surface area contributed by atoms with Crippen molar-refractivity contribution in [2.45, 2.75) is 6.92 Å². The summed E-state index contributed by atoms with van der Waals surface area (Å²) < 4.78 is 6.59. The van der Waals surface area contributed by atoms with Crippen LogP contribution in [0.25, 0.3) is 16.9 Å². The van der Waals surface area contributed by atoms with Gasteiger partial charge in [-0.2, -0.15) is 9.78 Å². The van der Waals surface area contributed by atoms with Crippen LogP contribution in [0.15, 0.2) is 48.7 Å². The van der Waals surface area contributed by atoms with Gasteiger partial charge in [0, 0.05) is 6.20 Å². The first-order valence-corrected chi connectivity index (χ1v) is 6.55. The van der Waals surface area contributed by atoms with Crippen LogP contribution in [0.2, 0.25) is 0 Å². The van der Waals surface area contributed by atoms with E-state index >= 15 is 0 Å². The van der Waals surface area contributed by atoms with Crippen LogP contribution in [0.4, 0.5) is 0 Å². The fourth-order valence-corrected chi connectivity index (χ4v) is 2.25. The molecule has 3 rings (SSSR count). The van der Waals surface area contributed by atoms with Gasteiger partial charge in [0.2, 0.25) is 5.88 Å². The Hall–Kier alpha value is -2.82. The average molecular weight is 281 g/mol.